The van der Waals surface area contributed by atoms with E-state index in [2.05, 4.69) is 23.2 Å². The molecule has 0 atom stereocenters. The van der Waals surface area contributed by atoms with Gasteiger partial charge in [-0.05, 0) is 6.92 Å². The summed E-state index contributed by atoms with van der Waals surface area (Å²) >= 11 is 0. The van der Waals surface area contributed by atoms with Gasteiger partial charge in [-0.2, -0.15) is 0 Å². The van der Waals surface area contributed by atoms with Crippen LogP contribution in [0.15, 0.2) is 12.8 Å². The molecule has 0 aliphatic carbocycles. The Morgan fingerprint density at radius 3 is 3.00 bits per heavy atom. The van der Waals surface area contributed by atoms with Gasteiger partial charge < -0.3 is 4.74 Å². The monoisotopic (exact) mass is 124 g/mol. The molecular formula is C7H8O2. The van der Waals surface area contributed by atoms with Crippen molar-refractivity contribution in [2.75, 3.05) is 0 Å². The zero-order chi connectivity index (χ0) is 7.11. The maximum atomic E-state index is 10.4. The third-order valence-corrected chi connectivity index (χ3v) is 0.624. The van der Waals surface area contributed by atoms with Crippen molar-refractivity contribution in [2.45, 2.75) is 13.3 Å². The Labute approximate surface area is 54.5 Å². The first-order valence-electron chi connectivity index (χ1n) is 2.51. The van der Waals surface area contributed by atoms with Gasteiger partial charge in [0.15, 0.2) is 0 Å². The maximum Gasteiger partial charge on any atom is 0.322 e. The number of ether oxygens (including phenoxy) is 1. The fraction of sp³-hybridized carbons (Fsp3) is 0.286. The fourth-order valence-corrected chi connectivity index (χ4v) is 0.295. The van der Waals surface area contributed by atoms with Gasteiger partial charge in [0.25, 0.3) is 0 Å². The standard InChI is InChI=1S/C7H8O2/c1-3-5-6-7(8)9-4-2/h4H,2,6H2,1H3. The topological polar surface area (TPSA) is 26.3 Å². The molecule has 0 bridgehead atoms. The second-order valence-electron chi connectivity index (χ2n) is 1.26. The van der Waals surface area contributed by atoms with E-state index < -0.39 is 0 Å². The lowest BCUT2D eigenvalue weighted by Gasteiger charge is -1.89. The summed E-state index contributed by atoms with van der Waals surface area (Å²) in [6.07, 6.45) is 1.24. The molecule has 0 fully saturated rings. The first-order valence-corrected chi connectivity index (χ1v) is 2.51. The average molecular weight is 124 g/mol. The van der Waals surface area contributed by atoms with Gasteiger partial charge in [-0.1, -0.05) is 12.5 Å². The van der Waals surface area contributed by atoms with Crippen LogP contribution in [0.3, 0.4) is 0 Å². The Morgan fingerprint density at radius 2 is 2.56 bits per heavy atom. The highest BCUT2D eigenvalue weighted by molar-refractivity contribution is 5.72. The highest BCUT2D eigenvalue weighted by Gasteiger charge is 1.93. The molecule has 0 aromatic heterocycles. The molecule has 0 rings (SSSR count). The van der Waals surface area contributed by atoms with E-state index in [9.17, 15) is 4.79 Å². The molecule has 0 aromatic rings. The van der Waals surface area contributed by atoms with Gasteiger partial charge in [-0.3, -0.25) is 4.79 Å². The normalized spacial score (nSPS) is 6.78. The van der Waals surface area contributed by atoms with Crippen LogP contribution < -0.4 is 0 Å². The van der Waals surface area contributed by atoms with E-state index >= 15 is 0 Å². The fourth-order valence-electron chi connectivity index (χ4n) is 0.295. The summed E-state index contributed by atoms with van der Waals surface area (Å²) in [5, 5.41) is 0. The van der Waals surface area contributed by atoms with E-state index in [1.165, 1.54) is 0 Å². The molecule has 0 radical (unpaired) electrons. The van der Waals surface area contributed by atoms with E-state index in [-0.39, 0.29) is 12.4 Å². The lowest BCUT2D eigenvalue weighted by atomic mass is 10.4. The number of rotatable bonds is 2. The largest absolute Gasteiger partial charge is 0.434 e. The smallest absolute Gasteiger partial charge is 0.322 e. The molecule has 0 heterocycles. The van der Waals surface area contributed by atoms with Gasteiger partial charge in [0.1, 0.15) is 6.42 Å². The van der Waals surface area contributed by atoms with Crippen molar-refractivity contribution in [3.63, 3.8) is 0 Å². The van der Waals surface area contributed by atoms with Crippen LogP contribution in [-0.2, 0) is 9.53 Å². The van der Waals surface area contributed by atoms with Crippen molar-refractivity contribution in [1.82, 2.24) is 0 Å². The molecule has 0 unspecified atom stereocenters. The zero-order valence-corrected chi connectivity index (χ0v) is 5.31. The third kappa shape index (κ3) is 4.63. The summed E-state index contributed by atoms with van der Waals surface area (Å²) < 4.78 is 4.37. The first kappa shape index (κ1) is 7.77. The zero-order valence-electron chi connectivity index (χ0n) is 5.31. The van der Waals surface area contributed by atoms with E-state index in [0.717, 1.165) is 6.26 Å². The molecule has 0 amide bonds. The maximum absolute atomic E-state index is 10.4. The van der Waals surface area contributed by atoms with Crippen molar-refractivity contribution in [3.05, 3.63) is 12.8 Å². The Bertz CT molecular complexity index is 159. The predicted molar refractivity (Wildman–Crippen MR) is 34.4 cm³/mol. The van der Waals surface area contributed by atoms with E-state index in [0.29, 0.717) is 0 Å². The Kier molecular flexibility index (Phi) is 4.25. The molecule has 0 saturated heterocycles. The lowest BCUT2D eigenvalue weighted by Crippen LogP contribution is -1.95. The van der Waals surface area contributed by atoms with Crippen LogP contribution in [0.5, 0.6) is 0 Å². The van der Waals surface area contributed by atoms with Crippen LogP contribution in [0.1, 0.15) is 13.3 Å². The van der Waals surface area contributed by atoms with Crippen molar-refractivity contribution in [1.29, 1.82) is 0 Å². The molecule has 0 aliphatic heterocycles. The van der Waals surface area contributed by atoms with Crippen molar-refractivity contribution in [3.8, 4) is 11.8 Å². The highest BCUT2D eigenvalue weighted by atomic mass is 16.5. The summed E-state index contributed by atoms with van der Waals surface area (Å²) in [5.74, 6) is 4.77. The number of hydrogen-bond acceptors (Lipinski definition) is 2. The number of carbonyl (C=O) groups excluding carboxylic acids is 1. The Balaban J connectivity index is 3.46. The van der Waals surface area contributed by atoms with Crippen molar-refractivity contribution in [2.24, 2.45) is 0 Å². The molecule has 0 N–H and O–H groups in total. The minimum Gasteiger partial charge on any atom is -0.434 e. The third-order valence-electron chi connectivity index (χ3n) is 0.624. The van der Waals surface area contributed by atoms with Crippen LogP contribution >= 0.6 is 0 Å². The highest BCUT2D eigenvalue weighted by Crippen LogP contribution is 1.82. The SMILES string of the molecule is C=COC(=O)CC#CC. The van der Waals surface area contributed by atoms with E-state index in [1.54, 1.807) is 6.92 Å². The lowest BCUT2D eigenvalue weighted by molar-refractivity contribution is -0.136. The van der Waals surface area contributed by atoms with Crippen LogP contribution in [0.2, 0.25) is 0 Å². The summed E-state index contributed by atoms with van der Waals surface area (Å²) in [4.78, 5) is 10.4. The van der Waals surface area contributed by atoms with Crippen molar-refractivity contribution < 1.29 is 9.53 Å². The van der Waals surface area contributed by atoms with Crippen LogP contribution in [0.25, 0.3) is 0 Å². The Hall–Kier alpha value is -1.23. The Morgan fingerprint density at radius 1 is 1.89 bits per heavy atom. The van der Waals surface area contributed by atoms with Crippen LogP contribution in [0, 0.1) is 11.8 Å². The van der Waals surface area contributed by atoms with Gasteiger partial charge >= 0.3 is 5.97 Å². The number of esters is 1. The molecule has 48 valence electrons. The molecule has 2 heteroatoms. The van der Waals surface area contributed by atoms with Gasteiger partial charge in [-0.15, -0.1) is 5.92 Å². The number of carbonyl (C=O) groups is 1. The van der Waals surface area contributed by atoms with E-state index in [1.807, 2.05) is 0 Å². The molecule has 2 nitrogen and oxygen atoms in total. The average Bonchev–Trinajstić information content (AvgIpc) is 1.85. The summed E-state index contributed by atoms with van der Waals surface area (Å²) in [7, 11) is 0. The van der Waals surface area contributed by atoms with Crippen LogP contribution in [0.4, 0.5) is 0 Å². The molecule has 0 saturated carbocycles. The minimum atomic E-state index is -0.362. The van der Waals surface area contributed by atoms with Crippen LogP contribution in [-0.4, -0.2) is 5.97 Å². The van der Waals surface area contributed by atoms with Crippen molar-refractivity contribution >= 4 is 5.97 Å². The van der Waals surface area contributed by atoms with Gasteiger partial charge in [-0.25, -0.2) is 0 Å². The molecule has 0 spiro atoms. The second-order valence-corrected chi connectivity index (χ2v) is 1.26. The summed E-state index contributed by atoms with van der Waals surface area (Å²) in [6, 6.07) is 0. The second kappa shape index (κ2) is 4.92. The molecule has 0 aliphatic rings. The quantitative estimate of drug-likeness (QED) is 0.313. The predicted octanol–water partition coefficient (Wildman–Crippen LogP) is 1.09. The summed E-state index contributed by atoms with van der Waals surface area (Å²) in [5.41, 5.74) is 0. The molecular weight excluding hydrogens is 116 g/mol. The number of hydrogen-bond donors (Lipinski definition) is 0. The summed E-state index contributed by atoms with van der Waals surface area (Å²) in [6.45, 7) is 4.89. The van der Waals surface area contributed by atoms with Gasteiger partial charge in [0.2, 0.25) is 0 Å². The van der Waals surface area contributed by atoms with E-state index in [4.69, 9.17) is 0 Å². The van der Waals surface area contributed by atoms with Gasteiger partial charge in [0, 0.05) is 0 Å². The molecule has 9 heavy (non-hydrogen) atoms. The molecule has 0 aromatic carbocycles. The van der Waals surface area contributed by atoms with Gasteiger partial charge in [0.05, 0.1) is 6.26 Å². The minimum absolute atomic E-state index is 0.141. The first-order chi connectivity index (χ1) is 4.31.